The monoisotopic (exact) mass is 411 g/mol. The zero-order chi connectivity index (χ0) is 20.4. The second kappa shape index (κ2) is 7.55. The lowest BCUT2D eigenvalue weighted by Crippen LogP contribution is -2.25. The predicted molar refractivity (Wildman–Crippen MR) is 96.8 cm³/mol. The van der Waals surface area contributed by atoms with E-state index in [4.69, 9.17) is 4.74 Å². The second-order valence-corrected chi connectivity index (χ2v) is 7.35. The third-order valence-electron chi connectivity index (χ3n) is 3.72. The first-order valence-corrected chi connectivity index (χ1v) is 9.67. The number of halogens is 3. The summed E-state index contributed by atoms with van der Waals surface area (Å²) in [5.74, 6) is 0.540. The zero-order valence-electron chi connectivity index (χ0n) is 14.6. The van der Waals surface area contributed by atoms with Gasteiger partial charge in [-0.3, -0.25) is 0 Å². The molecular weight excluding hydrogens is 395 g/mol. The molecule has 0 unspecified atom stereocenters. The molecule has 0 aliphatic carbocycles. The maximum atomic E-state index is 13.1. The molecule has 1 heterocycles. The summed E-state index contributed by atoms with van der Waals surface area (Å²) in [6.45, 7) is 2.24. The molecule has 0 radical (unpaired) electrons. The smallest absolute Gasteiger partial charge is 0.435 e. The van der Waals surface area contributed by atoms with Crippen LogP contribution in [0.25, 0.3) is 11.3 Å². The number of benzene rings is 2. The quantitative estimate of drug-likeness (QED) is 0.668. The highest BCUT2D eigenvalue weighted by Gasteiger charge is 2.35. The van der Waals surface area contributed by atoms with E-state index in [1.165, 1.54) is 36.4 Å². The van der Waals surface area contributed by atoms with E-state index in [0.717, 1.165) is 6.07 Å². The SMILES string of the molecule is CCOc1ccc(-c2cc(C(F)(F)F)nn2NS(=O)(=O)c2ccccc2)cc1. The van der Waals surface area contributed by atoms with E-state index in [0.29, 0.717) is 22.7 Å². The average Bonchev–Trinajstić information content (AvgIpc) is 3.07. The van der Waals surface area contributed by atoms with Crippen LogP contribution in [-0.2, 0) is 16.2 Å². The summed E-state index contributed by atoms with van der Waals surface area (Å²) in [5.41, 5.74) is -0.941. The first-order valence-electron chi connectivity index (χ1n) is 8.19. The van der Waals surface area contributed by atoms with Gasteiger partial charge in [0.25, 0.3) is 10.0 Å². The molecule has 0 atom stereocenters. The first kappa shape index (κ1) is 19.7. The van der Waals surface area contributed by atoms with Gasteiger partial charge in [-0.25, -0.2) is 0 Å². The normalized spacial score (nSPS) is 12.0. The van der Waals surface area contributed by atoms with Crippen molar-refractivity contribution in [3.8, 4) is 17.0 Å². The molecule has 0 saturated heterocycles. The minimum Gasteiger partial charge on any atom is -0.494 e. The minimum atomic E-state index is -4.73. The van der Waals surface area contributed by atoms with Gasteiger partial charge in [0.15, 0.2) is 5.69 Å². The van der Waals surface area contributed by atoms with Crippen LogP contribution in [0.1, 0.15) is 12.6 Å². The molecule has 0 spiro atoms. The highest BCUT2D eigenvalue weighted by Crippen LogP contribution is 2.32. The van der Waals surface area contributed by atoms with Gasteiger partial charge in [0.2, 0.25) is 0 Å². The van der Waals surface area contributed by atoms with Crippen molar-refractivity contribution in [1.82, 2.24) is 9.89 Å². The molecule has 3 rings (SSSR count). The van der Waals surface area contributed by atoms with Crippen molar-refractivity contribution in [3.63, 3.8) is 0 Å². The fourth-order valence-electron chi connectivity index (χ4n) is 2.45. The Morgan fingerprint density at radius 2 is 1.71 bits per heavy atom. The molecule has 2 aromatic carbocycles. The van der Waals surface area contributed by atoms with Crippen LogP contribution in [0.3, 0.4) is 0 Å². The van der Waals surface area contributed by atoms with Crippen molar-refractivity contribution in [1.29, 1.82) is 0 Å². The maximum absolute atomic E-state index is 13.1. The number of sulfonamides is 1. The van der Waals surface area contributed by atoms with Gasteiger partial charge >= 0.3 is 6.18 Å². The van der Waals surface area contributed by atoms with Gasteiger partial charge in [0.1, 0.15) is 5.75 Å². The Morgan fingerprint density at radius 3 is 2.29 bits per heavy atom. The Bertz CT molecular complexity index is 1050. The molecule has 3 aromatic rings. The molecule has 0 fully saturated rings. The van der Waals surface area contributed by atoms with Crippen LogP contribution in [0.5, 0.6) is 5.75 Å². The Labute approximate surface area is 159 Å². The van der Waals surface area contributed by atoms with E-state index in [1.807, 2.05) is 0 Å². The van der Waals surface area contributed by atoms with Gasteiger partial charge in [-0.2, -0.15) is 31.2 Å². The molecule has 0 aliphatic heterocycles. The van der Waals surface area contributed by atoms with E-state index in [1.54, 1.807) is 25.1 Å². The number of ether oxygens (including phenoxy) is 1. The zero-order valence-corrected chi connectivity index (χ0v) is 15.5. The summed E-state index contributed by atoms with van der Waals surface area (Å²) in [6.07, 6.45) is -4.73. The molecule has 28 heavy (non-hydrogen) atoms. The maximum Gasteiger partial charge on any atom is 0.435 e. The average molecular weight is 411 g/mol. The summed E-state index contributed by atoms with van der Waals surface area (Å²) >= 11 is 0. The molecule has 6 nitrogen and oxygen atoms in total. The number of rotatable bonds is 6. The summed E-state index contributed by atoms with van der Waals surface area (Å²) in [6, 6.07) is 14.3. The van der Waals surface area contributed by atoms with Gasteiger partial charge in [-0.1, -0.05) is 18.2 Å². The van der Waals surface area contributed by atoms with Crippen molar-refractivity contribution < 1.29 is 26.3 Å². The van der Waals surface area contributed by atoms with Crippen molar-refractivity contribution >= 4 is 10.0 Å². The van der Waals surface area contributed by atoms with Crippen molar-refractivity contribution in [2.75, 3.05) is 11.4 Å². The molecule has 148 valence electrons. The van der Waals surface area contributed by atoms with Crippen LogP contribution in [0.15, 0.2) is 65.6 Å². The molecule has 0 saturated carbocycles. The first-order chi connectivity index (χ1) is 13.2. The minimum absolute atomic E-state index is 0.0603. The van der Waals surface area contributed by atoms with Crippen LogP contribution in [0.4, 0.5) is 13.2 Å². The van der Waals surface area contributed by atoms with E-state index in [-0.39, 0.29) is 10.6 Å². The topological polar surface area (TPSA) is 73.2 Å². The number of nitrogens with zero attached hydrogens (tertiary/aromatic N) is 2. The number of hydrogen-bond donors (Lipinski definition) is 1. The number of hydrogen-bond acceptors (Lipinski definition) is 4. The lowest BCUT2D eigenvalue weighted by atomic mass is 10.1. The third-order valence-corrected chi connectivity index (χ3v) is 5.03. The van der Waals surface area contributed by atoms with Gasteiger partial charge in [0, 0.05) is 5.56 Å². The third kappa shape index (κ3) is 4.28. The van der Waals surface area contributed by atoms with E-state index >= 15 is 0 Å². The van der Waals surface area contributed by atoms with Crippen molar-refractivity contribution in [2.45, 2.75) is 18.0 Å². The Hall–Kier alpha value is -3.01. The van der Waals surface area contributed by atoms with Gasteiger partial charge in [-0.05, 0) is 49.4 Å². The van der Waals surface area contributed by atoms with Crippen LogP contribution in [-0.4, -0.2) is 24.9 Å². The van der Waals surface area contributed by atoms with Crippen LogP contribution in [0, 0.1) is 0 Å². The molecule has 10 heteroatoms. The summed E-state index contributed by atoms with van der Waals surface area (Å²) in [5, 5.41) is 3.40. The van der Waals surface area contributed by atoms with Crippen molar-refractivity contribution in [2.24, 2.45) is 0 Å². The number of nitrogens with one attached hydrogen (secondary N) is 1. The second-order valence-electron chi connectivity index (χ2n) is 5.69. The van der Waals surface area contributed by atoms with Gasteiger partial charge in [0.05, 0.1) is 17.2 Å². The fourth-order valence-corrected chi connectivity index (χ4v) is 3.44. The Balaban J connectivity index is 2.03. The number of alkyl halides is 3. The molecule has 0 bridgehead atoms. The molecular formula is C18H16F3N3O3S. The Morgan fingerprint density at radius 1 is 1.07 bits per heavy atom. The predicted octanol–water partition coefficient (Wildman–Crippen LogP) is 3.90. The Kier molecular flexibility index (Phi) is 5.32. The molecule has 1 N–H and O–H groups in total. The highest BCUT2D eigenvalue weighted by atomic mass is 32.2. The highest BCUT2D eigenvalue weighted by molar-refractivity contribution is 7.92. The lowest BCUT2D eigenvalue weighted by molar-refractivity contribution is -0.141. The van der Waals surface area contributed by atoms with E-state index in [2.05, 4.69) is 9.93 Å². The molecule has 1 aromatic heterocycles. The number of aromatic nitrogens is 2. The van der Waals surface area contributed by atoms with Crippen LogP contribution >= 0.6 is 0 Å². The van der Waals surface area contributed by atoms with E-state index in [9.17, 15) is 21.6 Å². The standard InChI is InChI=1S/C18H16F3N3O3S/c1-2-27-14-10-8-13(9-11-14)16-12-17(18(19,20)21)22-24(16)23-28(25,26)15-6-4-3-5-7-15/h3-12,23H,2H2,1H3. The van der Waals surface area contributed by atoms with E-state index < -0.39 is 21.9 Å². The molecule has 0 aliphatic rings. The fraction of sp³-hybridized carbons (Fsp3) is 0.167. The summed E-state index contributed by atoms with van der Waals surface area (Å²) < 4.78 is 69.8. The summed E-state index contributed by atoms with van der Waals surface area (Å²) in [4.78, 5) is 2.59. The summed E-state index contributed by atoms with van der Waals surface area (Å²) in [7, 11) is -4.13. The molecule has 0 amide bonds. The van der Waals surface area contributed by atoms with Crippen LogP contribution in [0.2, 0.25) is 0 Å². The lowest BCUT2D eigenvalue weighted by Gasteiger charge is -2.11. The van der Waals surface area contributed by atoms with Gasteiger partial charge < -0.3 is 4.74 Å². The largest absolute Gasteiger partial charge is 0.494 e. The van der Waals surface area contributed by atoms with Crippen molar-refractivity contribution in [3.05, 3.63) is 66.4 Å². The van der Waals surface area contributed by atoms with Crippen LogP contribution < -0.4 is 9.57 Å². The van der Waals surface area contributed by atoms with Gasteiger partial charge in [-0.15, -0.1) is 5.10 Å².